The fraction of sp³-hybridized carbons (Fsp3) is 0.571. The number of hydrogen-bond acceptors (Lipinski definition) is 5. The SMILES string of the molecule is CC1=CN(O)C(CC(N)C(=O)O)O1. The second kappa shape index (κ2) is 3.63. The van der Waals surface area contributed by atoms with Crippen LogP contribution in [0.2, 0.25) is 0 Å². The lowest BCUT2D eigenvalue weighted by Crippen LogP contribution is -2.38. The van der Waals surface area contributed by atoms with Crippen LogP contribution in [-0.2, 0) is 9.53 Å². The van der Waals surface area contributed by atoms with Crippen molar-refractivity contribution < 1.29 is 19.8 Å². The highest BCUT2D eigenvalue weighted by atomic mass is 16.6. The molecule has 0 aromatic rings. The fourth-order valence-electron chi connectivity index (χ4n) is 1.04. The molecular formula is C7H12N2O4. The third-order valence-electron chi connectivity index (χ3n) is 1.70. The number of aliphatic carboxylic acids is 1. The Hall–Kier alpha value is -1.27. The monoisotopic (exact) mass is 188 g/mol. The zero-order valence-electron chi connectivity index (χ0n) is 7.17. The van der Waals surface area contributed by atoms with E-state index < -0.39 is 18.2 Å². The maximum absolute atomic E-state index is 10.4. The number of hydrogen-bond donors (Lipinski definition) is 3. The lowest BCUT2D eigenvalue weighted by Gasteiger charge is -2.19. The maximum Gasteiger partial charge on any atom is 0.320 e. The van der Waals surface area contributed by atoms with Gasteiger partial charge in [0.05, 0.1) is 6.20 Å². The first-order valence-corrected chi connectivity index (χ1v) is 3.81. The first-order valence-electron chi connectivity index (χ1n) is 3.81. The molecule has 1 aliphatic rings. The molecule has 0 aromatic carbocycles. The van der Waals surface area contributed by atoms with Gasteiger partial charge < -0.3 is 15.6 Å². The number of carbonyl (C=O) groups is 1. The van der Waals surface area contributed by atoms with Crippen molar-refractivity contribution in [2.75, 3.05) is 0 Å². The van der Waals surface area contributed by atoms with Gasteiger partial charge in [-0.15, -0.1) is 0 Å². The Labute approximate surface area is 75.2 Å². The molecule has 0 fully saturated rings. The van der Waals surface area contributed by atoms with Gasteiger partial charge in [-0.3, -0.25) is 10.0 Å². The van der Waals surface area contributed by atoms with Gasteiger partial charge in [0.1, 0.15) is 11.8 Å². The Morgan fingerprint density at radius 2 is 2.54 bits per heavy atom. The smallest absolute Gasteiger partial charge is 0.320 e. The van der Waals surface area contributed by atoms with Crippen LogP contribution < -0.4 is 5.73 Å². The van der Waals surface area contributed by atoms with E-state index in [-0.39, 0.29) is 6.42 Å². The number of nitrogens with zero attached hydrogens (tertiary/aromatic N) is 1. The van der Waals surface area contributed by atoms with Gasteiger partial charge in [0.2, 0.25) is 0 Å². The minimum Gasteiger partial charge on any atom is -0.480 e. The predicted octanol–water partition coefficient (Wildman–Crippen LogP) is -0.303. The minimum atomic E-state index is -1.11. The van der Waals surface area contributed by atoms with Crippen molar-refractivity contribution in [1.82, 2.24) is 5.06 Å². The topological polar surface area (TPSA) is 96.0 Å². The summed E-state index contributed by atoms with van der Waals surface area (Å²) < 4.78 is 5.09. The quantitative estimate of drug-likeness (QED) is 0.562. The van der Waals surface area contributed by atoms with Gasteiger partial charge in [-0.25, -0.2) is 5.06 Å². The van der Waals surface area contributed by atoms with Crippen molar-refractivity contribution in [3.05, 3.63) is 12.0 Å². The van der Waals surface area contributed by atoms with E-state index in [1.807, 2.05) is 0 Å². The molecule has 0 radical (unpaired) electrons. The third kappa shape index (κ3) is 2.33. The molecule has 4 N–H and O–H groups in total. The average Bonchev–Trinajstić information content (AvgIpc) is 2.30. The van der Waals surface area contributed by atoms with Crippen LogP contribution in [0.1, 0.15) is 13.3 Å². The Kier molecular flexibility index (Phi) is 2.74. The third-order valence-corrected chi connectivity index (χ3v) is 1.70. The van der Waals surface area contributed by atoms with Gasteiger partial charge in [0, 0.05) is 6.42 Å². The Balaban J connectivity index is 2.44. The first-order chi connectivity index (χ1) is 6.00. The summed E-state index contributed by atoms with van der Waals surface area (Å²) in [7, 11) is 0. The number of carboxylic acids is 1. The summed E-state index contributed by atoms with van der Waals surface area (Å²) in [6, 6.07) is -1.03. The number of ether oxygens (including phenoxy) is 1. The predicted molar refractivity (Wildman–Crippen MR) is 42.5 cm³/mol. The van der Waals surface area contributed by atoms with E-state index in [9.17, 15) is 10.0 Å². The van der Waals surface area contributed by atoms with Crippen LogP contribution in [0, 0.1) is 0 Å². The van der Waals surface area contributed by atoms with Gasteiger partial charge in [0.15, 0.2) is 6.23 Å². The summed E-state index contributed by atoms with van der Waals surface area (Å²) in [5.74, 6) is -0.577. The molecule has 2 atom stereocenters. The van der Waals surface area contributed by atoms with Crippen molar-refractivity contribution in [1.29, 1.82) is 0 Å². The van der Waals surface area contributed by atoms with Crippen molar-refractivity contribution >= 4 is 5.97 Å². The molecule has 1 heterocycles. The van der Waals surface area contributed by atoms with E-state index in [1.165, 1.54) is 6.20 Å². The molecule has 0 saturated heterocycles. The molecule has 6 heteroatoms. The summed E-state index contributed by atoms with van der Waals surface area (Å²) in [4.78, 5) is 10.4. The number of rotatable bonds is 3. The second-order valence-electron chi connectivity index (χ2n) is 2.87. The molecule has 0 spiro atoms. The first kappa shape index (κ1) is 9.82. The molecule has 0 saturated carbocycles. The van der Waals surface area contributed by atoms with E-state index in [0.717, 1.165) is 5.06 Å². The number of nitrogens with two attached hydrogens (primary N) is 1. The second-order valence-corrected chi connectivity index (χ2v) is 2.87. The zero-order valence-corrected chi connectivity index (χ0v) is 7.17. The van der Waals surface area contributed by atoms with Crippen LogP contribution in [0.25, 0.3) is 0 Å². The van der Waals surface area contributed by atoms with E-state index >= 15 is 0 Å². The molecular weight excluding hydrogens is 176 g/mol. The summed E-state index contributed by atoms with van der Waals surface area (Å²) in [5.41, 5.74) is 5.26. The summed E-state index contributed by atoms with van der Waals surface area (Å²) in [5, 5.41) is 18.5. The summed E-state index contributed by atoms with van der Waals surface area (Å²) in [6.07, 6.45) is 0.727. The Morgan fingerprint density at radius 3 is 2.92 bits per heavy atom. The lowest BCUT2D eigenvalue weighted by molar-refractivity contribution is -0.153. The Morgan fingerprint density at radius 1 is 1.92 bits per heavy atom. The van der Waals surface area contributed by atoms with Crippen molar-refractivity contribution in [2.24, 2.45) is 5.73 Å². The maximum atomic E-state index is 10.4. The molecule has 74 valence electrons. The summed E-state index contributed by atoms with van der Waals surface area (Å²) in [6.45, 7) is 1.66. The van der Waals surface area contributed by atoms with Crippen molar-refractivity contribution in [2.45, 2.75) is 25.6 Å². The molecule has 0 aliphatic carbocycles. The van der Waals surface area contributed by atoms with Crippen LogP contribution in [0.5, 0.6) is 0 Å². The molecule has 1 rings (SSSR count). The number of carboxylic acid groups (broad SMARTS) is 1. The highest BCUT2D eigenvalue weighted by molar-refractivity contribution is 5.73. The van der Waals surface area contributed by atoms with E-state index in [1.54, 1.807) is 6.92 Å². The van der Waals surface area contributed by atoms with E-state index in [0.29, 0.717) is 5.76 Å². The highest BCUT2D eigenvalue weighted by Crippen LogP contribution is 2.18. The zero-order chi connectivity index (χ0) is 10.0. The van der Waals surface area contributed by atoms with Crippen LogP contribution in [0.15, 0.2) is 12.0 Å². The Bertz CT molecular complexity index is 241. The fourth-order valence-corrected chi connectivity index (χ4v) is 1.04. The lowest BCUT2D eigenvalue weighted by atomic mass is 10.2. The largest absolute Gasteiger partial charge is 0.480 e. The number of hydroxylamine groups is 2. The van der Waals surface area contributed by atoms with Gasteiger partial charge in [-0.2, -0.15) is 0 Å². The van der Waals surface area contributed by atoms with Crippen LogP contribution in [-0.4, -0.2) is 33.6 Å². The highest BCUT2D eigenvalue weighted by Gasteiger charge is 2.27. The van der Waals surface area contributed by atoms with Gasteiger partial charge in [-0.05, 0) is 6.92 Å². The van der Waals surface area contributed by atoms with Crippen molar-refractivity contribution in [3.63, 3.8) is 0 Å². The molecule has 2 unspecified atom stereocenters. The number of allylic oxidation sites excluding steroid dienone is 1. The molecule has 0 amide bonds. The van der Waals surface area contributed by atoms with Crippen LogP contribution in [0.4, 0.5) is 0 Å². The van der Waals surface area contributed by atoms with Gasteiger partial charge >= 0.3 is 5.97 Å². The molecule has 6 nitrogen and oxygen atoms in total. The molecule has 0 bridgehead atoms. The van der Waals surface area contributed by atoms with Gasteiger partial charge in [0.25, 0.3) is 0 Å². The minimum absolute atomic E-state index is 0.0413. The average molecular weight is 188 g/mol. The van der Waals surface area contributed by atoms with Crippen LogP contribution in [0.3, 0.4) is 0 Å². The van der Waals surface area contributed by atoms with Crippen LogP contribution >= 0.6 is 0 Å². The van der Waals surface area contributed by atoms with Gasteiger partial charge in [-0.1, -0.05) is 0 Å². The molecule has 1 aliphatic heterocycles. The van der Waals surface area contributed by atoms with E-state index in [4.69, 9.17) is 15.6 Å². The summed E-state index contributed by atoms with van der Waals surface area (Å²) >= 11 is 0. The van der Waals surface area contributed by atoms with Crippen molar-refractivity contribution in [3.8, 4) is 0 Å². The standard InChI is InChI=1S/C7H12N2O4/c1-4-3-9(12)6(13-4)2-5(8)7(10)11/h3,5-6,12H,2,8H2,1H3,(H,10,11). The van der Waals surface area contributed by atoms with E-state index in [2.05, 4.69) is 0 Å². The molecule has 13 heavy (non-hydrogen) atoms. The normalized spacial score (nSPS) is 23.8. The molecule has 0 aromatic heterocycles.